The molecule has 8 heteroatoms. The summed E-state index contributed by atoms with van der Waals surface area (Å²) in [6.45, 7) is 1.96. The van der Waals surface area contributed by atoms with Crippen LogP contribution in [0, 0.1) is 6.92 Å². The van der Waals surface area contributed by atoms with Crippen molar-refractivity contribution in [1.82, 2.24) is 35.0 Å². The Balaban J connectivity index is 1.87. The fourth-order valence-electron chi connectivity index (χ4n) is 1.92. The van der Waals surface area contributed by atoms with Gasteiger partial charge in [0.05, 0.1) is 0 Å². The zero-order valence-electron chi connectivity index (χ0n) is 10.5. The lowest BCUT2D eigenvalue weighted by Crippen LogP contribution is -1.91. The maximum absolute atomic E-state index is 4.53. The lowest BCUT2D eigenvalue weighted by molar-refractivity contribution is 0.961. The molecule has 0 spiro atoms. The van der Waals surface area contributed by atoms with E-state index in [-0.39, 0.29) is 0 Å². The quantitative estimate of drug-likeness (QED) is 0.607. The number of aromatic amines is 1. The first-order valence-corrected chi connectivity index (χ1v) is 6.78. The minimum atomic E-state index is 0.683. The highest BCUT2D eigenvalue weighted by Crippen LogP contribution is 2.26. The standard InChI is InChI=1S/C12H9N7S/c1-7-5-9(15-14-7)11-18-19-10(16-17-12(19)20-11)8-3-2-4-13-6-8/h2-6H,1H3,(H,14,15). The van der Waals surface area contributed by atoms with Crippen LogP contribution in [0.5, 0.6) is 0 Å². The highest BCUT2D eigenvalue weighted by atomic mass is 32.1. The second-order valence-electron chi connectivity index (χ2n) is 4.30. The Labute approximate surface area is 117 Å². The van der Waals surface area contributed by atoms with Gasteiger partial charge in [-0.3, -0.25) is 10.1 Å². The van der Waals surface area contributed by atoms with Gasteiger partial charge in [0, 0.05) is 23.7 Å². The van der Waals surface area contributed by atoms with Crippen LogP contribution < -0.4 is 0 Å². The van der Waals surface area contributed by atoms with Crippen molar-refractivity contribution in [3.05, 3.63) is 36.3 Å². The zero-order valence-corrected chi connectivity index (χ0v) is 11.3. The first-order chi connectivity index (χ1) is 9.81. The molecule has 0 aliphatic carbocycles. The molecule has 0 radical (unpaired) electrons. The van der Waals surface area contributed by atoms with E-state index in [0.29, 0.717) is 5.82 Å². The molecule has 1 N–H and O–H groups in total. The van der Waals surface area contributed by atoms with Gasteiger partial charge < -0.3 is 0 Å². The maximum atomic E-state index is 4.53. The maximum Gasteiger partial charge on any atom is 0.235 e. The van der Waals surface area contributed by atoms with E-state index in [4.69, 9.17) is 0 Å². The average molecular weight is 283 g/mol. The number of nitrogens with one attached hydrogen (secondary N) is 1. The Morgan fingerprint density at radius 1 is 1.30 bits per heavy atom. The van der Waals surface area contributed by atoms with Crippen LogP contribution in [0.3, 0.4) is 0 Å². The molecule has 0 aromatic carbocycles. The normalized spacial score (nSPS) is 11.2. The van der Waals surface area contributed by atoms with Gasteiger partial charge in [-0.2, -0.15) is 14.7 Å². The van der Waals surface area contributed by atoms with E-state index in [1.165, 1.54) is 11.3 Å². The molecule has 0 saturated heterocycles. The number of nitrogens with zero attached hydrogens (tertiary/aromatic N) is 6. The molecule has 0 atom stereocenters. The van der Waals surface area contributed by atoms with Gasteiger partial charge >= 0.3 is 0 Å². The number of rotatable bonds is 2. The average Bonchev–Trinajstić information content (AvgIpc) is 3.13. The lowest BCUT2D eigenvalue weighted by atomic mass is 10.3. The number of aromatic nitrogens is 7. The second-order valence-corrected chi connectivity index (χ2v) is 5.26. The summed E-state index contributed by atoms with van der Waals surface area (Å²) in [4.78, 5) is 4.83. The van der Waals surface area contributed by atoms with Crippen LogP contribution in [-0.2, 0) is 0 Å². The summed E-state index contributed by atoms with van der Waals surface area (Å²) < 4.78 is 1.72. The van der Waals surface area contributed by atoms with E-state index in [1.54, 1.807) is 16.9 Å². The smallest absolute Gasteiger partial charge is 0.235 e. The molecule has 20 heavy (non-hydrogen) atoms. The Kier molecular flexibility index (Phi) is 2.36. The van der Waals surface area contributed by atoms with Crippen molar-refractivity contribution < 1.29 is 0 Å². The van der Waals surface area contributed by atoms with Gasteiger partial charge in [-0.1, -0.05) is 11.3 Å². The van der Waals surface area contributed by atoms with Gasteiger partial charge in [-0.15, -0.1) is 10.2 Å². The third-order valence-electron chi connectivity index (χ3n) is 2.84. The van der Waals surface area contributed by atoms with Crippen molar-refractivity contribution in [2.24, 2.45) is 0 Å². The van der Waals surface area contributed by atoms with Crippen LogP contribution >= 0.6 is 11.3 Å². The molecule has 7 nitrogen and oxygen atoms in total. The third kappa shape index (κ3) is 1.69. The summed E-state index contributed by atoms with van der Waals surface area (Å²) in [6, 6.07) is 5.75. The Hall–Kier alpha value is -2.61. The molecule has 0 fully saturated rings. The number of hydrogen-bond acceptors (Lipinski definition) is 6. The van der Waals surface area contributed by atoms with E-state index in [2.05, 4.69) is 30.5 Å². The molecule has 0 unspecified atom stereocenters. The van der Waals surface area contributed by atoms with Crippen molar-refractivity contribution in [2.75, 3.05) is 0 Å². The van der Waals surface area contributed by atoms with Crippen molar-refractivity contribution in [3.63, 3.8) is 0 Å². The van der Waals surface area contributed by atoms with Crippen LogP contribution in [0.25, 0.3) is 27.1 Å². The molecule has 4 aromatic heterocycles. The first kappa shape index (κ1) is 11.2. The Bertz CT molecular complexity index is 874. The molecule has 0 amide bonds. The molecule has 4 aromatic rings. The number of hydrogen-bond donors (Lipinski definition) is 1. The fraction of sp³-hybridized carbons (Fsp3) is 0.0833. The number of fused-ring (bicyclic) bond motifs is 1. The topological polar surface area (TPSA) is 84.7 Å². The van der Waals surface area contributed by atoms with Crippen LogP contribution in [-0.4, -0.2) is 35.0 Å². The second kappa shape index (κ2) is 4.20. The predicted octanol–water partition coefficient (Wildman–Crippen LogP) is 1.95. The first-order valence-electron chi connectivity index (χ1n) is 5.96. The van der Waals surface area contributed by atoms with E-state index >= 15 is 0 Å². The largest absolute Gasteiger partial charge is 0.282 e. The molecule has 4 heterocycles. The Morgan fingerprint density at radius 3 is 3.00 bits per heavy atom. The van der Waals surface area contributed by atoms with Gasteiger partial charge in [0.15, 0.2) is 10.8 Å². The summed E-state index contributed by atoms with van der Waals surface area (Å²) >= 11 is 1.45. The van der Waals surface area contributed by atoms with Gasteiger partial charge in [0.1, 0.15) is 5.69 Å². The van der Waals surface area contributed by atoms with E-state index in [9.17, 15) is 0 Å². The summed E-state index contributed by atoms with van der Waals surface area (Å²) in [5.74, 6) is 0.683. The van der Waals surface area contributed by atoms with Gasteiger partial charge in [0.25, 0.3) is 0 Å². The van der Waals surface area contributed by atoms with Crippen LogP contribution in [0.4, 0.5) is 0 Å². The van der Waals surface area contributed by atoms with Crippen molar-refractivity contribution >= 4 is 16.3 Å². The Morgan fingerprint density at radius 2 is 2.25 bits per heavy atom. The monoisotopic (exact) mass is 283 g/mol. The lowest BCUT2D eigenvalue weighted by Gasteiger charge is -1.94. The molecular weight excluding hydrogens is 274 g/mol. The molecule has 0 aliphatic heterocycles. The molecule has 4 rings (SSSR count). The molecule has 0 bridgehead atoms. The minimum Gasteiger partial charge on any atom is -0.282 e. The van der Waals surface area contributed by atoms with Crippen LogP contribution in [0.15, 0.2) is 30.6 Å². The SMILES string of the molecule is Cc1cc(-c2nn3c(-c4cccnc4)nnc3s2)n[nH]1. The third-order valence-corrected chi connectivity index (χ3v) is 3.76. The highest BCUT2D eigenvalue weighted by molar-refractivity contribution is 7.19. The number of aryl methyl sites for hydroxylation is 1. The van der Waals surface area contributed by atoms with Crippen LogP contribution in [0.2, 0.25) is 0 Å². The van der Waals surface area contributed by atoms with Crippen molar-refractivity contribution in [2.45, 2.75) is 6.92 Å². The summed E-state index contributed by atoms with van der Waals surface area (Å²) in [6.07, 6.45) is 3.47. The zero-order chi connectivity index (χ0) is 13.5. The highest BCUT2D eigenvalue weighted by Gasteiger charge is 2.15. The number of H-pyrrole nitrogens is 1. The summed E-state index contributed by atoms with van der Waals surface area (Å²) in [5, 5.41) is 20.8. The molecule has 0 aliphatic rings. The summed E-state index contributed by atoms with van der Waals surface area (Å²) in [5.41, 5.74) is 2.70. The van der Waals surface area contributed by atoms with E-state index < -0.39 is 0 Å². The van der Waals surface area contributed by atoms with Gasteiger partial charge in [-0.25, -0.2) is 0 Å². The fourth-order valence-corrected chi connectivity index (χ4v) is 2.72. The molecular formula is C12H9N7S. The molecule has 0 saturated carbocycles. The number of pyridine rings is 1. The van der Waals surface area contributed by atoms with Crippen molar-refractivity contribution in [3.8, 4) is 22.1 Å². The van der Waals surface area contributed by atoms with Crippen LogP contribution in [0.1, 0.15) is 5.69 Å². The summed E-state index contributed by atoms with van der Waals surface area (Å²) in [7, 11) is 0. The van der Waals surface area contributed by atoms with E-state index in [0.717, 1.165) is 26.9 Å². The van der Waals surface area contributed by atoms with E-state index in [1.807, 2.05) is 25.1 Å². The van der Waals surface area contributed by atoms with Gasteiger partial charge in [0.2, 0.25) is 4.96 Å². The minimum absolute atomic E-state index is 0.683. The predicted molar refractivity (Wildman–Crippen MR) is 74.2 cm³/mol. The van der Waals surface area contributed by atoms with Crippen molar-refractivity contribution in [1.29, 1.82) is 0 Å². The molecule has 98 valence electrons. The van der Waals surface area contributed by atoms with Gasteiger partial charge in [-0.05, 0) is 25.1 Å².